The van der Waals surface area contributed by atoms with Crippen molar-refractivity contribution in [2.75, 3.05) is 27.8 Å². The molecule has 1 aliphatic heterocycles. The van der Waals surface area contributed by atoms with Gasteiger partial charge in [-0.1, -0.05) is 0 Å². The monoisotopic (exact) mass is 329 g/mol. The summed E-state index contributed by atoms with van der Waals surface area (Å²) in [6.45, 7) is 3.09. The van der Waals surface area contributed by atoms with Gasteiger partial charge in [-0.2, -0.15) is 0 Å². The van der Waals surface area contributed by atoms with E-state index < -0.39 is 0 Å². The van der Waals surface area contributed by atoms with Crippen LogP contribution < -0.4 is 4.46 Å². The van der Waals surface area contributed by atoms with Gasteiger partial charge in [-0.3, -0.25) is 0 Å². The van der Waals surface area contributed by atoms with Crippen LogP contribution in [-0.4, -0.2) is 54.0 Å². The summed E-state index contributed by atoms with van der Waals surface area (Å²) in [6, 6.07) is 9.23. The molecule has 1 heterocycles. The van der Waals surface area contributed by atoms with E-state index in [4.69, 9.17) is 9.47 Å². The molecule has 0 saturated carbocycles. The molecular weight excluding hydrogens is 305 g/mol. The molecule has 1 aromatic rings. The molecule has 19 heavy (non-hydrogen) atoms. The van der Waals surface area contributed by atoms with Crippen molar-refractivity contribution in [3.05, 3.63) is 29.8 Å². The van der Waals surface area contributed by atoms with Crippen LogP contribution in [0.25, 0.3) is 0 Å². The van der Waals surface area contributed by atoms with E-state index in [1.807, 2.05) is 0 Å². The van der Waals surface area contributed by atoms with Crippen molar-refractivity contribution in [3.8, 4) is 0 Å². The third kappa shape index (κ3) is 3.59. The minimum absolute atomic E-state index is 0.0114. The van der Waals surface area contributed by atoms with Gasteiger partial charge < -0.3 is 0 Å². The molecular formula is C15H23NO2Se. The third-order valence-electron chi connectivity index (χ3n) is 3.64. The van der Waals surface area contributed by atoms with Crippen molar-refractivity contribution in [1.29, 1.82) is 0 Å². The molecule has 0 amide bonds. The van der Waals surface area contributed by atoms with E-state index in [-0.39, 0.29) is 6.29 Å². The van der Waals surface area contributed by atoms with E-state index in [1.54, 1.807) is 7.11 Å². The number of methoxy groups -OCH3 is 1. The zero-order valence-electron chi connectivity index (χ0n) is 12.1. The van der Waals surface area contributed by atoms with Gasteiger partial charge in [0.05, 0.1) is 0 Å². The fraction of sp³-hybridized carbons (Fsp3) is 0.600. The number of hydrogen-bond acceptors (Lipinski definition) is 3. The molecule has 1 saturated heterocycles. The Balaban J connectivity index is 2.16. The first-order valence-corrected chi connectivity index (χ1v) is 8.54. The van der Waals surface area contributed by atoms with Crippen molar-refractivity contribution in [3.63, 3.8) is 0 Å². The number of nitrogens with zero attached hydrogens (tertiary/aromatic N) is 1. The molecule has 0 aliphatic carbocycles. The topological polar surface area (TPSA) is 21.7 Å². The summed E-state index contributed by atoms with van der Waals surface area (Å²) in [4.78, 5) is 2.79. The summed E-state index contributed by atoms with van der Waals surface area (Å²) < 4.78 is 12.5. The average molecular weight is 328 g/mol. The van der Waals surface area contributed by atoms with Gasteiger partial charge in [-0.25, -0.2) is 0 Å². The molecule has 1 aliphatic rings. The first-order chi connectivity index (χ1) is 9.13. The Morgan fingerprint density at radius 1 is 1.37 bits per heavy atom. The Hall–Kier alpha value is -0.381. The van der Waals surface area contributed by atoms with E-state index >= 15 is 0 Å². The molecule has 3 nitrogen and oxygen atoms in total. The number of ether oxygens (including phenoxy) is 2. The summed E-state index contributed by atoms with van der Waals surface area (Å²) >= 11 is 0.401. The van der Waals surface area contributed by atoms with Crippen molar-refractivity contribution in [1.82, 2.24) is 4.90 Å². The van der Waals surface area contributed by atoms with Crippen LogP contribution in [0.3, 0.4) is 0 Å². The maximum atomic E-state index is 5.62. The Labute approximate surface area is 122 Å². The number of benzene rings is 1. The molecule has 1 unspecified atom stereocenters. The van der Waals surface area contributed by atoms with Crippen molar-refractivity contribution in [2.45, 2.75) is 30.5 Å². The van der Waals surface area contributed by atoms with Crippen LogP contribution in [0.2, 0.25) is 4.82 Å². The fourth-order valence-corrected chi connectivity index (χ4v) is 5.13. The zero-order valence-corrected chi connectivity index (χ0v) is 13.8. The van der Waals surface area contributed by atoms with E-state index in [0.29, 0.717) is 25.8 Å². The quantitative estimate of drug-likeness (QED) is 0.770. The van der Waals surface area contributed by atoms with Crippen molar-refractivity contribution >= 4 is 19.4 Å². The summed E-state index contributed by atoms with van der Waals surface area (Å²) in [5.41, 5.74) is 1.44. The zero-order chi connectivity index (χ0) is 13.8. The molecule has 106 valence electrons. The molecule has 4 heteroatoms. The first-order valence-electron chi connectivity index (χ1n) is 6.70. The van der Waals surface area contributed by atoms with E-state index in [1.165, 1.54) is 10.0 Å². The van der Waals surface area contributed by atoms with Crippen molar-refractivity contribution in [2.24, 2.45) is 0 Å². The van der Waals surface area contributed by atoms with Crippen LogP contribution in [0.1, 0.15) is 24.9 Å². The van der Waals surface area contributed by atoms with Crippen molar-refractivity contribution < 1.29 is 9.47 Å². The molecule has 3 atom stereocenters. The third-order valence-corrected chi connectivity index (χ3v) is 6.55. The van der Waals surface area contributed by atoms with Crippen LogP contribution in [0, 0.1) is 0 Å². The van der Waals surface area contributed by atoms with Gasteiger partial charge >= 0.3 is 122 Å². The van der Waals surface area contributed by atoms with Crippen LogP contribution in [0.5, 0.6) is 0 Å². The SMILES string of the molecule is CO[C@H]1OCCC1[Se]c1ccccc1[C@@H](C)N(C)C. The average Bonchev–Trinajstić information content (AvgIpc) is 2.85. The summed E-state index contributed by atoms with van der Waals surface area (Å²) in [5, 5.41) is 0. The minimum atomic E-state index is -0.0114. The molecule has 0 N–H and O–H groups in total. The van der Waals surface area contributed by atoms with Crippen LogP contribution >= 0.6 is 0 Å². The fourth-order valence-electron chi connectivity index (χ4n) is 2.25. The summed E-state index contributed by atoms with van der Waals surface area (Å²) in [5.74, 6) is 0. The second-order valence-electron chi connectivity index (χ2n) is 5.10. The van der Waals surface area contributed by atoms with Crippen LogP contribution in [-0.2, 0) is 9.47 Å². The number of hydrogen-bond donors (Lipinski definition) is 0. The standard InChI is InChI=1S/C15H23NO2Se/c1-11(16(2)3)12-7-5-6-8-13(12)19-14-9-10-18-15(14)17-4/h5-8,11,14-15H,9-10H2,1-4H3/t11-,14?,15+/m1/s1. The van der Waals surface area contributed by atoms with Crippen LogP contribution in [0.4, 0.5) is 0 Å². The predicted octanol–water partition coefficient (Wildman–Crippen LogP) is 1.82. The van der Waals surface area contributed by atoms with E-state index in [2.05, 4.69) is 50.2 Å². The first kappa shape index (κ1) is 15.0. The van der Waals surface area contributed by atoms with E-state index in [9.17, 15) is 0 Å². The summed E-state index contributed by atoms with van der Waals surface area (Å²) in [7, 11) is 6.00. The number of rotatable bonds is 5. The van der Waals surface area contributed by atoms with Crippen LogP contribution in [0.15, 0.2) is 24.3 Å². The maximum absolute atomic E-state index is 5.62. The van der Waals surface area contributed by atoms with Gasteiger partial charge in [-0.05, 0) is 0 Å². The Morgan fingerprint density at radius 3 is 2.79 bits per heavy atom. The molecule has 0 spiro atoms. The molecule has 1 fully saturated rings. The molecule has 0 bridgehead atoms. The van der Waals surface area contributed by atoms with Gasteiger partial charge in [0.15, 0.2) is 0 Å². The predicted molar refractivity (Wildman–Crippen MR) is 79.0 cm³/mol. The molecule has 2 rings (SSSR count). The van der Waals surface area contributed by atoms with Gasteiger partial charge in [0.25, 0.3) is 0 Å². The van der Waals surface area contributed by atoms with Gasteiger partial charge in [-0.15, -0.1) is 0 Å². The second kappa shape index (κ2) is 6.87. The molecule has 1 aromatic carbocycles. The molecule has 0 radical (unpaired) electrons. The Bertz CT molecular complexity index is 411. The van der Waals surface area contributed by atoms with E-state index in [0.717, 1.165) is 13.0 Å². The van der Waals surface area contributed by atoms with Gasteiger partial charge in [0.1, 0.15) is 0 Å². The van der Waals surface area contributed by atoms with Gasteiger partial charge in [0.2, 0.25) is 0 Å². The second-order valence-corrected chi connectivity index (χ2v) is 7.78. The van der Waals surface area contributed by atoms with Gasteiger partial charge in [0, 0.05) is 0 Å². The Morgan fingerprint density at radius 2 is 2.11 bits per heavy atom. The summed E-state index contributed by atoms with van der Waals surface area (Å²) in [6.07, 6.45) is 1.10. The molecule has 0 aromatic heterocycles. The normalized spacial score (nSPS) is 24.9. The Kier molecular flexibility index (Phi) is 5.43.